The molecule has 0 spiro atoms. The van der Waals surface area contributed by atoms with Gasteiger partial charge >= 0.3 is 5.97 Å². The molecular formula is C21H21NO5. The van der Waals surface area contributed by atoms with Gasteiger partial charge in [0.25, 0.3) is 0 Å². The Morgan fingerprint density at radius 2 is 1.67 bits per heavy atom. The number of ketones is 2. The molecule has 4 rings (SSSR count). The molecule has 1 aromatic rings. The van der Waals surface area contributed by atoms with E-state index in [1.165, 1.54) is 0 Å². The molecule has 2 N–H and O–H groups in total. The summed E-state index contributed by atoms with van der Waals surface area (Å²) in [7, 11) is 0. The predicted molar refractivity (Wildman–Crippen MR) is 97.2 cm³/mol. The standard InChI is InChI=1S/C21H21NO5/c23-16-8-2-6-14-20(16)19(21-15(22-14)7-3-9-17(21)24)12-4-1-5-13(10-12)27-11-18(25)26/h1,4-5,10,19,22H,2-3,6-9,11H2,(H,25,26). The maximum atomic E-state index is 12.8. The summed E-state index contributed by atoms with van der Waals surface area (Å²) in [6.07, 6.45) is 4.22. The maximum absolute atomic E-state index is 12.8. The fourth-order valence-electron chi connectivity index (χ4n) is 4.25. The van der Waals surface area contributed by atoms with Crippen LogP contribution in [0.5, 0.6) is 5.75 Å². The van der Waals surface area contributed by atoms with E-state index in [-0.39, 0.29) is 11.6 Å². The van der Waals surface area contributed by atoms with Crippen molar-refractivity contribution in [2.45, 2.75) is 44.4 Å². The van der Waals surface area contributed by atoms with Gasteiger partial charge in [0.1, 0.15) is 5.75 Å². The highest BCUT2D eigenvalue weighted by Gasteiger charge is 2.40. The first-order valence-corrected chi connectivity index (χ1v) is 9.28. The first kappa shape index (κ1) is 17.5. The zero-order valence-electron chi connectivity index (χ0n) is 14.9. The Morgan fingerprint density at radius 3 is 2.26 bits per heavy atom. The Kier molecular flexibility index (Phi) is 4.56. The smallest absolute Gasteiger partial charge is 0.341 e. The summed E-state index contributed by atoms with van der Waals surface area (Å²) in [6, 6.07) is 7.08. The normalized spacial score (nSPS) is 20.1. The first-order valence-electron chi connectivity index (χ1n) is 9.28. The lowest BCUT2D eigenvalue weighted by molar-refractivity contribution is -0.139. The molecule has 0 saturated carbocycles. The number of hydrogen-bond acceptors (Lipinski definition) is 5. The molecule has 6 heteroatoms. The number of carboxylic acids is 1. The van der Waals surface area contributed by atoms with E-state index in [4.69, 9.17) is 9.84 Å². The fraction of sp³-hybridized carbons (Fsp3) is 0.381. The van der Waals surface area contributed by atoms with Crippen LogP contribution in [0.3, 0.4) is 0 Å². The summed E-state index contributed by atoms with van der Waals surface area (Å²) in [5.41, 5.74) is 4.03. The summed E-state index contributed by atoms with van der Waals surface area (Å²) < 4.78 is 5.31. The number of nitrogens with one attached hydrogen (secondary N) is 1. The zero-order chi connectivity index (χ0) is 19.0. The molecule has 0 aromatic heterocycles. The number of Topliss-reactive ketones (excluding diaryl/α,β-unsaturated/α-hetero) is 2. The van der Waals surface area contributed by atoms with Crippen molar-refractivity contribution in [3.8, 4) is 5.75 Å². The van der Waals surface area contributed by atoms with Crippen LogP contribution in [-0.4, -0.2) is 29.2 Å². The molecule has 0 bridgehead atoms. The van der Waals surface area contributed by atoms with E-state index in [0.717, 1.165) is 42.6 Å². The third kappa shape index (κ3) is 3.27. The molecule has 0 saturated heterocycles. The third-order valence-corrected chi connectivity index (χ3v) is 5.35. The van der Waals surface area contributed by atoms with Crippen LogP contribution in [0.25, 0.3) is 0 Å². The molecule has 2 aliphatic carbocycles. The second-order valence-corrected chi connectivity index (χ2v) is 7.15. The molecule has 1 aromatic carbocycles. The number of allylic oxidation sites excluding steroid dienone is 4. The number of benzene rings is 1. The predicted octanol–water partition coefficient (Wildman–Crippen LogP) is 2.85. The molecule has 0 amide bonds. The van der Waals surface area contributed by atoms with Gasteiger partial charge in [-0.1, -0.05) is 12.1 Å². The van der Waals surface area contributed by atoms with Gasteiger partial charge in [0.05, 0.1) is 0 Å². The van der Waals surface area contributed by atoms with Crippen molar-refractivity contribution in [1.29, 1.82) is 0 Å². The number of carboxylic acid groups (broad SMARTS) is 1. The molecule has 27 heavy (non-hydrogen) atoms. The second kappa shape index (κ2) is 7.02. The van der Waals surface area contributed by atoms with Gasteiger partial charge in [-0.05, 0) is 43.4 Å². The number of carbonyl (C=O) groups excluding carboxylic acids is 2. The van der Waals surface area contributed by atoms with Gasteiger partial charge in [0.2, 0.25) is 0 Å². The summed E-state index contributed by atoms with van der Waals surface area (Å²) in [4.78, 5) is 36.3. The average Bonchev–Trinajstić information content (AvgIpc) is 2.65. The second-order valence-electron chi connectivity index (χ2n) is 7.15. The Hall–Kier alpha value is -2.89. The summed E-state index contributed by atoms with van der Waals surface area (Å²) in [5, 5.41) is 12.2. The Balaban J connectivity index is 1.80. The molecule has 140 valence electrons. The fourth-order valence-corrected chi connectivity index (χ4v) is 4.25. The average molecular weight is 367 g/mol. The zero-order valence-corrected chi connectivity index (χ0v) is 14.9. The van der Waals surface area contributed by atoms with Crippen molar-refractivity contribution < 1.29 is 24.2 Å². The van der Waals surface area contributed by atoms with Crippen molar-refractivity contribution in [2.75, 3.05) is 6.61 Å². The lowest BCUT2D eigenvalue weighted by Gasteiger charge is -2.37. The molecule has 0 atom stereocenters. The van der Waals surface area contributed by atoms with Crippen LogP contribution in [0.1, 0.15) is 50.0 Å². The van der Waals surface area contributed by atoms with Gasteiger partial charge in [-0.15, -0.1) is 0 Å². The monoisotopic (exact) mass is 367 g/mol. The van der Waals surface area contributed by atoms with E-state index in [0.29, 0.717) is 29.7 Å². The Labute approximate surface area is 156 Å². The minimum atomic E-state index is -1.05. The largest absolute Gasteiger partial charge is 0.482 e. The molecule has 1 heterocycles. The quantitative estimate of drug-likeness (QED) is 0.850. The van der Waals surface area contributed by atoms with Crippen molar-refractivity contribution in [3.63, 3.8) is 0 Å². The molecule has 1 aliphatic heterocycles. The summed E-state index contributed by atoms with van der Waals surface area (Å²) in [5.74, 6) is -0.872. The minimum absolute atomic E-state index is 0.0792. The molecule has 0 fully saturated rings. The third-order valence-electron chi connectivity index (χ3n) is 5.35. The van der Waals surface area contributed by atoms with Gasteiger partial charge in [0, 0.05) is 41.3 Å². The van der Waals surface area contributed by atoms with E-state index < -0.39 is 18.5 Å². The van der Waals surface area contributed by atoms with Crippen LogP contribution < -0.4 is 10.1 Å². The number of dihydropyridines is 1. The number of ether oxygens (including phenoxy) is 1. The van der Waals surface area contributed by atoms with Crippen LogP contribution in [0.15, 0.2) is 46.8 Å². The SMILES string of the molecule is O=C(O)COc1cccc(C2C3=C(CCCC3=O)NC3=C2C(=O)CCC3)c1. The van der Waals surface area contributed by atoms with Gasteiger partial charge in [0.15, 0.2) is 18.2 Å². The van der Waals surface area contributed by atoms with Gasteiger partial charge < -0.3 is 15.2 Å². The molecule has 6 nitrogen and oxygen atoms in total. The van der Waals surface area contributed by atoms with Crippen LogP contribution in [-0.2, 0) is 14.4 Å². The maximum Gasteiger partial charge on any atom is 0.341 e. The van der Waals surface area contributed by atoms with Crippen molar-refractivity contribution in [3.05, 3.63) is 52.4 Å². The van der Waals surface area contributed by atoms with Crippen molar-refractivity contribution >= 4 is 17.5 Å². The highest BCUT2D eigenvalue weighted by atomic mass is 16.5. The molecule has 0 radical (unpaired) electrons. The number of aliphatic carboxylic acids is 1. The van der Waals surface area contributed by atoms with Gasteiger partial charge in [-0.25, -0.2) is 4.79 Å². The van der Waals surface area contributed by atoms with Crippen LogP contribution in [0.2, 0.25) is 0 Å². The van der Waals surface area contributed by atoms with Crippen LogP contribution in [0.4, 0.5) is 0 Å². The van der Waals surface area contributed by atoms with Crippen LogP contribution in [0, 0.1) is 0 Å². The topological polar surface area (TPSA) is 92.7 Å². The molecular weight excluding hydrogens is 346 g/mol. The Morgan fingerprint density at radius 1 is 1.04 bits per heavy atom. The lowest BCUT2D eigenvalue weighted by atomic mass is 9.71. The van der Waals surface area contributed by atoms with Gasteiger partial charge in [-0.2, -0.15) is 0 Å². The van der Waals surface area contributed by atoms with E-state index in [1.54, 1.807) is 18.2 Å². The summed E-state index contributed by atoms with van der Waals surface area (Å²) in [6.45, 7) is -0.435. The first-order chi connectivity index (χ1) is 13.0. The number of carbonyl (C=O) groups is 3. The van der Waals surface area contributed by atoms with Crippen molar-refractivity contribution in [2.24, 2.45) is 0 Å². The highest BCUT2D eigenvalue weighted by Crippen LogP contribution is 2.45. The number of rotatable bonds is 4. The molecule has 3 aliphatic rings. The molecule has 0 unspecified atom stereocenters. The van der Waals surface area contributed by atoms with Gasteiger partial charge in [-0.3, -0.25) is 9.59 Å². The van der Waals surface area contributed by atoms with Crippen molar-refractivity contribution in [1.82, 2.24) is 5.32 Å². The van der Waals surface area contributed by atoms with Crippen LogP contribution >= 0.6 is 0 Å². The van der Waals surface area contributed by atoms with E-state index >= 15 is 0 Å². The Bertz CT molecular complexity index is 854. The lowest BCUT2D eigenvalue weighted by Crippen LogP contribution is -2.36. The number of hydrogen-bond donors (Lipinski definition) is 2. The highest BCUT2D eigenvalue weighted by molar-refractivity contribution is 6.06. The van der Waals surface area contributed by atoms with E-state index in [1.807, 2.05) is 6.07 Å². The minimum Gasteiger partial charge on any atom is -0.482 e. The summed E-state index contributed by atoms with van der Waals surface area (Å²) >= 11 is 0. The van der Waals surface area contributed by atoms with E-state index in [2.05, 4.69) is 5.32 Å². The van der Waals surface area contributed by atoms with E-state index in [9.17, 15) is 14.4 Å².